The van der Waals surface area contributed by atoms with Crippen LogP contribution in [0.15, 0.2) is 29.2 Å². The summed E-state index contributed by atoms with van der Waals surface area (Å²) in [5, 5.41) is 51.9. The molecule has 18 atom stereocenters. The van der Waals surface area contributed by atoms with Gasteiger partial charge < -0.3 is 82.7 Å². The number of aliphatic hydroxyl groups excluding tert-OH is 2. The van der Waals surface area contributed by atoms with Gasteiger partial charge in [0.25, 0.3) is 0 Å². The van der Waals surface area contributed by atoms with Gasteiger partial charge in [-0.1, -0.05) is 20.8 Å². The largest absolute Gasteiger partial charge is 0.459 e. The van der Waals surface area contributed by atoms with Crippen LogP contribution in [0.5, 0.6) is 0 Å². The third kappa shape index (κ3) is 15.5. The number of nitrogens with one attached hydrogen (secondary N) is 1. The number of methoxy groups -OCH3 is 1. The molecule has 4 aliphatic rings. The lowest BCUT2D eigenvalue weighted by Gasteiger charge is -2.49. The van der Waals surface area contributed by atoms with E-state index in [4.69, 9.17) is 42.6 Å². The highest BCUT2D eigenvalue weighted by atomic mass is 16.7. The zero-order valence-electron chi connectivity index (χ0n) is 50.3. The van der Waals surface area contributed by atoms with E-state index in [1.165, 1.54) is 14.0 Å². The Morgan fingerprint density at radius 1 is 0.950 bits per heavy atom. The molecular formula is C59H96N4O17. The Hall–Kier alpha value is -3.84. The lowest BCUT2D eigenvalue weighted by molar-refractivity contribution is -0.318. The third-order valence-corrected chi connectivity index (χ3v) is 17.0. The first-order valence-corrected chi connectivity index (χ1v) is 28.9. The van der Waals surface area contributed by atoms with Crippen LogP contribution in [0.4, 0.5) is 5.69 Å². The summed E-state index contributed by atoms with van der Waals surface area (Å²) in [4.78, 5) is 58.3. The molecule has 0 unspecified atom stereocenters. The van der Waals surface area contributed by atoms with Gasteiger partial charge in [-0.3, -0.25) is 14.4 Å². The number of aliphatic hydroxyl groups is 4. The van der Waals surface area contributed by atoms with Crippen LogP contribution in [0.25, 0.3) is 10.9 Å². The van der Waals surface area contributed by atoms with Crippen LogP contribution in [0.3, 0.4) is 0 Å². The number of carbonyl (C=O) groups is 3. The quantitative estimate of drug-likeness (QED) is 0.0732. The van der Waals surface area contributed by atoms with Crippen molar-refractivity contribution in [2.24, 2.45) is 17.8 Å². The van der Waals surface area contributed by atoms with Gasteiger partial charge in [0.05, 0.1) is 67.2 Å². The van der Waals surface area contributed by atoms with E-state index in [0.717, 1.165) is 18.4 Å². The topological polar surface area (TPSA) is 256 Å². The van der Waals surface area contributed by atoms with Gasteiger partial charge in [-0.2, -0.15) is 0 Å². The number of carbonyl (C=O) groups excluding carboxylic acids is 3. The first kappa shape index (κ1) is 65.3. The van der Waals surface area contributed by atoms with Gasteiger partial charge in [0.2, 0.25) is 5.43 Å². The van der Waals surface area contributed by atoms with Crippen LogP contribution in [0, 0.1) is 17.8 Å². The third-order valence-electron chi connectivity index (χ3n) is 17.0. The maximum atomic E-state index is 14.6. The monoisotopic (exact) mass is 1130 g/mol. The molecule has 1 saturated carbocycles. The molecule has 1 aromatic carbocycles. The smallest absolute Gasteiger partial charge is 0.343 e. The molecule has 2 aromatic rings. The van der Waals surface area contributed by atoms with E-state index in [2.05, 4.69) is 5.32 Å². The molecule has 21 nitrogen and oxygen atoms in total. The number of aromatic nitrogens is 1. The van der Waals surface area contributed by atoms with Crippen molar-refractivity contribution in [1.82, 2.24) is 14.4 Å². The molecule has 5 N–H and O–H groups in total. The number of rotatable bonds is 18. The minimum atomic E-state index is -1.87. The highest BCUT2D eigenvalue weighted by Crippen LogP contribution is 2.42. The van der Waals surface area contributed by atoms with Crippen molar-refractivity contribution in [2.45, 2.75) is 230 Å². The fourth-order valence-corrected chi connectivity index (χ4v) is 12.2. The zero-order chi connectivity index (χ0) is 59.3. The summed E-state index contributed by atoms with van der Waals surface area (Å²) < 4.78 is 58.1. The molecule has 6 rings (SSSR count). The Morgan fingerprint density at radius 3 is 2.26 bits per heavy atom. The number of anilines is 1. The Labute approximate surface area is 473 Å². The molecule has 3 aliphatic heterocycles. The van der Waals surface area contributed by atoms with E-state index in [1.54, 1.807) is 74.6 Å². The predicted molar refractivity (Wildman–Crippen MR) is 299 cm³/mol. The van der Waals surface area contributed by atoms with Crippen molar-refractivity contribution >= 4 is 34.5 Å². The Balaban J connectivity index is 1.16. The first-order valence-electron chi connectivity index (χ1n) is 28.9. The summed E-state index contributed by atoms with van der Waals surface area (Å²) in [6.07, 6.45) is -6.10. The van der Waals surface area contributed by atoms with Crippen LogP contribution in [0.1, 0.15) is 144 Å². The lowest BCUT2D eigenvalue weighted by Crippen LogP contribution is -2.61. The summed E-state index contributed by atoms with van der Waals surface area (Å²) in [7, 11) is 7.07. The maximum Gasteiger partial charge on any atom is 0.343 e. The van der Waals surface area contributed by atoms with Crippen LogP contribution in [0.2, 0.25) is 0 Å². The number of ether oxygens (including phenoxy) is 9. The Morgan fingerprint density at radius 2 is 1.64 bits per heavy atom. The number of cyclic esters (lactones) is 1. The predicted octanol–water partition coefficient (Wildman–Crippen LogP) is 5.19. The molecular weight excluding hydrogens is 1040 g/mol. The fourth-order valence-electron chi connectivity index (χ4n) is 12.2. The molecule has 1 aliphatic carbocycles. The number of benzene rings is 1. The molecule has 0 radical (unpaired) electrons. The average molecular weight is 1130 g/mol. The number of pyridine rings is 1. The van der Waals surface area contributed by atoms with Crippen LogP contribution >= 0.6 is 0 Å². The van der Waals surface area contributed by atoms with Crippen LogP contribution < -0.4 is 10.7 Å². The molecule has 1 aromatic heterocycles. The number of esters is 3. The number of likely N-dealkylation sites (N-methyl/N-ethyl adjacent to an activating group) is 2. The normalized spacial score (nSPS) is 37.2. The van der Waals surface area contributed by atoms with Crippen LogP contribution in [-0.2, 0) is 52.2 Å². The Bertz CT molecular complexity index is 2450. The zero-order valence-corrected chi connectivity index (χ0v) is 50.3. The van der Waals surface area contributed by atoms with Gasteiger partial charge >= 0.3 is 17.9 Å². The summed E-state index contributed by atoms with van der Waals surface area (Å²) in [5.41, 5.74) is -3.67. The summed E-state index contributed by atoms with van der Waals surface area (Å²) in [6, 6.07) is 4.77. The van der Waals surface area contributed by atoms with Gasteiger partial charge in [0, 0.05) is 67.9 Å². The van der Waals surface area contributed by atoms with E-state index in [1.807, 2.05) is 61.5 Å². The summed E-state index contributed by atoms with van der Waals surface area (Å²) in [6.45, 7) is 22.0. The van der Waals surface area contributed by atoms with Crippen molar-refractivity contribution in [1.29, 1.82) is 0 Å². The number of nitrogens with zero attached hydrogens (tertiary/aromatic N) is 3. The molecule has 0 bridgehead atoms. The molecule has 0 amide bonds. The van der Waals surface area contributed by atoms with E-state index in [9.17, 15) is 39.6 Å². The van der Waals surface area contributed by atoms with E-state index in [-0.39, 0.29) is 74.7 Å². The van der Waals surface area contributed by atoms with Crippen LogP contribution in [-0.4, -0.2) is 204 Å². The van der Waals surface area contributed by atoms with Crippen molar-refractivity contribution in [3.8, 4) is 0 Å². The number of fused-ring (bicyclic) bond motifs is 1. The van der Waals surface area contributed by atoms with E-state index in [0.29, 0.717) is 30.6 Å². The highest BCUT2D eigenvalue weighted by Gasteiger charge is 2.54. The van der Waals surface area contributed by atoms with Crippen molar-refractivity contribution in [3.05, 3.63) is 40.2 Å². The van der Waals surface area contributed by atoms with E-state index >= 15 is 0 Å². The minimum absolute atomic E-state index is 0.000462. The second-order valence-electron chi connectivity index (χ2n) is 24.6. The second kappa shape index (κ2) is 27.3. The molecule has 4 fully saturated rings. The number of hydrogen-bond donors (Lipinski definition) is 5. The molecule has 80 heavy (non-hydrogen) atoms. The summed E-state index contributed by atoms with van der Waals surface area (Å²) in [5.74, 6) is -4.09. The molecule has 4 heterocycles. The second-order valence-corrected chi connectivity index (χ2v) is 24.6. The molecule has 454 valence electrons. The average Bonchev–Trinajstić information content (AvgIpc) is 4.37. The molecule has 3 saturated heterocycles. The van der Waals surface area contributed by atoms with Gasteiger partial charge in [0.1, 0.15) is 35.1 Å². The Kier molecular flexibility index (Phi) is 22.2. The highest BCUT2D eigenvalue weighted by molar-refractivity contribution is 5.94. The van der Waals surface area contributed by atoms with Gasteiger partial charge in [-0.05, 0) is 140 Å². The molecule has 21 heteroatoms. The lowest BCUT2D eigenvalue weighted by atomic mass is 9.77. The van der Waals surface area contributed by atoms with E-state index < -0.39 is 113 Å². The summed E-state index contributed by atoms with van der Waals surface area (Å²) >= 11 is 0. The SMILES string of the molecule is CC[C@H]1OC(=O)[C@H](C)[C@@H](O[C@H]2C[C@@](C)(OC)[C@@H](OC(=O)CCOCCNc3ccc4c(c3)c(=O)c(C(=O)OC(C)C)cn4C3CC3)[C@H](C)O2)[C@H](C)[C@@H](O[C@@H]2O[C@H](C)C[C@H](N(C)C)[C@@H]2O)[C@](C)(O)C[C@@H](C)CN(C)[C@H](C)[C@@H](O)[C@]1(C)O. The van der Waals surface area contributed by atoms with Gasteiger partial charge in [-0.25, -0.2) is 4.79 Å². The fraction of sp³-hybridized carbons (Fsp3) is 0.797. The first-order chi connectivity index (χ1) is 37.4. The maximum absolute atomic E-state index is 14.6. The van der Waals surface area contributed by atoms with Gasteiger partial charge in [0.15, 0.2) is 18.7 Å². The standard InChI is InChI=1S/C59H96N4O17/c1-17-45-59(12,71)51(67)37(8)62(15)30-33(4)28-57(10,70)52(80-56-49(66)44(61(13)14)26-34(5)75-56)35(6)50(36(7)54(68)77-45)79-47-29-58(11,72-16)53(38(9)76-47)78-46(64)22-24-73-25-23-60-39-18-21-43-41(27-39)48(65)42(55(69)74-32(2)3)31-63(43)40-19-20-40/h18,21,27,31-38,40,44-45,47,49-53,56,60,66-67,70-71H,17,19-20,22-26,28-30H2,1-16H3/t33-,34-,35+,36-,37-,38+,44+,45-,47+,49+,50+,51-,52-,53+,56+,57-,58-,59-/m1/s1. The molecule has 0 spiro atoms. The number of hydrogen-bond acceptors (Lipinski definition) is 20. The minimum Gasteiger partial charge on any atom is -0.459 e. The van der Waals surface area contributed by atoms with Crippen molar-refractivity contribution in [2.75, 3.05) is 59.9 Å². The van der Waals surface area contributed by atoms with Gasteiger partial charge in [-0.15, -0.1) is 0 Å². The van der Waals surface area contributed by atoms with Crippen molar-refractivity contribution in [3.63, 3.8) is 0 Å². The van der Waals surface area contributed by atoms with Crippen molar-refractivity contribution < 1.29 is 77.4 Å².